The molecular weight excluding hydrogens is 269 g/mol. The van der Waals surface area contributed by atoms with Gasteiger partial charge < -0.3 is 4.98 Å². The molecule has 90 valence electrons. The molecule has 1 aromatic carbocycles. The molecule has 3 rings (SSSR count). The summed E-state index contributed by atoms with van der Waals surface area (Å²) in [5.74, 6) is 0.872. The van der Waals surface area contributed by atoms with Gasteiger partial charge in [0.25, 0.3) is 0 Å². The van der Waals surface area contributed by atoms with Crippen molar-refractivity contribution in [3.8, 4) is 0 Å². The van der Waals surface area contributed by atoms with E-state index in [0.717, 1.165) is 22.4 Å². The van der Waals surface area contributed by atoms with Crippen LogP contribution in [0.3, 0.4) is 0 Å². The lowest BCUT2D eigenvalue weighted by atomic mass is 10.2. The number of aromatic nitrogens is 3. The monoisotopic (exact) mass is 277 g/mol. The smallest absolute Gasteiger partial charge is 0.111 e. The van der Waals surface area contributed by atoms with E-state index < -0.39 is 0 Å². The second-order valence-corrected chi connectivity index (χ2v) is 4.82. The summed E-state index contributed by atoms with van der Waals surface area (Å²) in [5.41, 5.74) is 2.82. The van der Waals surface area contributed by atoms with Gasteiger partial charge in [-0.2, -0.15) is 0 Å². The van der Waals surface area contributed by atoms with Crippen molar-refractivity contribution < 1.29 is 0 Å². The Bertz CT molecular complexity index is 653. The van der Waals surface area contributed by atoms with Gasteiger partial charge in [0, 0.05) is 18.8 Å². The molecule has 0 unspecified atom stereocenters. The molecule has 0 atom stereocenters. The first-order valence-electron chi connectivity index (χ1n) is 5.45. The minimum Gasteiger partial charge on any atom is -0.342 e. The topological polar surface area (TPSA) is 41.6 Å². The van der Waals surface area contributed by atoms with Gasteiger partial charge >= 0.3 is 0 Å². The van der Waals surface area contributed by atoms with Crippen LogP contribution in [0.1, 0.15) is 11.4 Å². The molecule has 0 radical (unpaired) electrons. The van der Waals surface area contributed by atoms with Crippen molar-refractivity contribution in [1.29, 1.82) is 0 Å². The van der Waals surface area contributed by atoms with E-state index in [0.29, 0.717) is 16.5 Å². The SMILES string of the molecule is Clc1cc2nc(Cc3cccnc3)[nH]c2cc1Cl. The van der Waals surface area contributed by atoms with Gasteiger partial charge in [-0.25, -0.2) is 4.98 Å². The second kappa shape index (κ2) is 4.59. The summed E-state index contributed by atoms with van der Waals surface area (Å²) >= 11 is 11.9. The standard InChI is InChI=1S/C13H9Cl2N3/c14-9-5-11-12(6-10(9)15)18-13(17-11)4-8-2-1-3-16-7-8/h1-3,5-7H,4H2,(H,17,18). The first-order chi connectivity index (χ1) is 8.72. The number of hydrogen-bond donors (Lipinski definition) is 1. The molecule has 0 saturated heterocycles. The zero-order valence-electron chi connectivity index (χ0n) is 9.32. The van der Waals surface area contributed by atoms with Gasteiger partial charge in [0.15, 0.2) is 0 Å². The number of halogens is 2. The average molecular weight is 278 g/mol. The lowest BCUT2D eigenvalue weighted by Gasteiger charge is -1.95. The molecule has 18 heavy (non-hydrogen) atoms. The quantitative estimate of drug-likeness (QED) is 0.773. The zero-order valence-corrected chi connectivity index (χ0v) is 10.8. The van der Waals surface area contributed by atoms with Crippen LogP contribution in [0.2, 0.25) is 10.0 Å². The summed E-state index contributed by atoms with van der Waals surface area (Å²) in [4.78, 5) is 11.8. The Hall–Kier alpha value is -1.58. The molecule has 0 bridgehead atoms. The second-order valence-electron chi connectivity index (χ2n) is 4.01. The van der Waals surface area contributed by atoms with Crippen molar-refractivity contribution in [3.05, 3.63) is 58.1 Å². The van der Waals surface area contributed by atoms with Gasteiger partial charge in [-0.15, -0.1) is 0 Å². The number of imidazole rings is 1. The van der Waals surface area contributed by atoms with Crippen LogP contribution in [-0.4, -0.2) is 15.0 Å². The van der Waals surface area contributed by atoms with E-state index >= 15 is 0 Å². The maximum atomic E-state index is 5.97. The lowest BCUT2D eigenvalue weighted by Crippen LogP contribution is -1.90. The zero-order chi connectivity index (χ0) is 12.5. The number of benzene rings is 1. The Morgan fingerprint density at radius 1 is 1.17 bits per heavy atom. The maximum Gasteiger partial charge on any atom is 0.111 e. The molecule has 3 aromatic rings. The predicted octanol–water partition coefficient (Wildman–Crippen LogP) is 3.86. The molecule has 2 aromatic heterocycles. The molecule has 0 amide bonds. The van der Waals surface area contributed by atoms with Gasteiger partial charge in [-0.05, 0) is 23.8 Å². The van der Waals surface area contributed by atoms with Crippen LogP contribution in [-0.2, 0) is 6.42 Å². The molecule has 0 aliphatic heterocycles. The van der Waals surface area contributed by atoms with E-state index in [1.165, 1.54) is 0 Å². The summed E-state index contributed by atoms with van der Waals surface area (Å²) < 4.78 is 0. The summed E-state index contributed by atoms with van der Waals surface area (Å²) in [7, 11) is 0. The highest BCUT2D eigenvalue weighted by Crippen LogP contribution is 2.26. The van der Waals surface area contributed by atoms with Crippen LogP contribution in [0.5, 0.6) is 0 Å². The molecule has 0 spiro atoms. The van der Waals surface area contributed by atoms with Crippen LogP contribution in [0, 0.1) is 0 Å². The third kappa shape index (κ3) is 2.19. The fourth-order valence-electron chi connectivity index (χ4n) is 1.84. The number of aromatic amines is 1. The molecule has 3 nitrogen and oxygen atoms in total. The van der Waals surface area contributed by atoms with Crippen molar-refractivity contribution in [2.45, 2.75) is 6.42 Å². The van der Waals surface area contributed by atoms with E-state index in [2.05, 4.69) is 15.0 Å². The van der Waals surface area contributed by atoms with Crippen LogP contribution in [0.4, 0.5) is 0 Å². The van der Waals surface area contributed by atoms with Gasteiger partial charge in [0.1, 0.15) is 5.82 Å². The van der Waals surface area contributed by atoms with Gasteiger partial charge in [-0.1, -0.05) is 29.3 Å². The van der Waals surface area contributed by atoms with Crippen LogP contribution in [0.25, 0.3) is 11.0 Å². The van der Waals surface area contributed by atoms with E-state index in [9.17, 15) is 0 Å². The first-order valence-corrected chi connectivity index (χ1v) is 6.20. The van der Waals surface area contributed by atoms with Gasteiger partial charge in [0.05, 0.1) is 21.1 Å². The molecule has 1 N–H and O–H groups in total. The maximum absolute atomic E-state index is 5.97. The van der Waals surface area contributed by atoms with E-state index in [4.69, 9.17) is 23.2 Å². The predicted molar refractivity (Wildman–Crippen MR) is 73.2 cm³/mol. The number of nitrogens with one attached hydrogen (secondary N) is 1. The number of fused-ring (bicyclic) bond motifs is 1. The lowest BCUT2D eigenvalue weighted by molar-refractivity contribution is 1.02. The van der Waals surface area contributed by atoms with Crippen molar-refractivity contribution >= 4 is 34.2 Å². The Morgan fingerprint density at radius 2 is 2.00 bits per heavy atom. The minimum absolute atomic E-state index is 0.517. The summed E-state index contributed by atoms with van der Waals surface area (Å²) in [6.45, 7) is 0. The van der Waals surface area contributed by atoms with Crippen LogP contribution in [0.15, 0.2) is 36.7 Å². The van der Waals surface area contributed by atoms with Crippen LogP contribution >= 0.6 is 23.2 Å². The van der Waals surface area contributed by atoms with Gasteiger partial charge in [0.2, 0.25) is 0 Å². The van der Waals surface area contributed by atoms with E-state index in [1.807, 2.05) is 18.3 Å². The molecule has 0 aliphatic carbocycles. The van der Waals surface area contributed by atoms with Crippen molar-refractivity contribution in [2.24, 2.45) is 0 Å². The van der Waals surface area contributed by atoms with E-state index in [1.54, 1.807) is 18.3 Å². The molecule has 0 aliphatic rings. The molecule has 0 saturated carbocycles. The minimum atomic E-state index is 0.517. The van der Waals surface area contributed by atoms with Crippen LogP contribution < -0.4 is 0 Å². The molecule has 0 fully saturated rings. The van der Waals surface area contributed by atoms with E-state index in [-0.39, 0.29) is 0 Å². The molecule has 5 heteroatoms. The highest BCUT2D eigenvalue weighted by Gasteiger charge is 2.07. The molecule has 2 heterocycles. The third-order valence-electron chi connectivity index (χ3n) is 2.67. The Kier molecular flexibility index (Phi) is 2.94. The van der Waals surface area contributed by atoms with Gasteiger partial charge in [-0.3, -0.25) is 4.98 Å². The summed E-state index contributed by atoms with van der Waals surface area (Å²) in [6.07, 6.45) is 4.28. The average Bonchev–Trinajstić information content (AvgIpc) is 2.72. The highest BCUT2D eigenvalue weighted by molar-refractivity contribution is 6.42. The third-order valence-corrected chi connectivity index (χ3v) is 3.39. The molecular formula is C13H9Cl2N3. The van der Waals surface area contributed by atoms with Crippen molar-refractivity contribution in [3.63, 3.8) is 0 Å². The summed E-state index contributed by atoms with van der Waals surface area (Å²) in [5, 5.41) is 1.05. The fourth-order valence-corrected chi connectivity index (χ4v) is 2.16. The normalized spacial score (nSPS) is 11.0. The Labute approximate surface area is 114 Å². The van der Waals surface area contributed by atoms with Crippen molar-refractivity contribution in [2.75, 3.05) is 0 Å². The number of H-pyrrole nitrogens is 1. The fraction of sp³-hybridized carbons (Fsp3) is 0.0769. The number of pyridine rings is 1. The highest BCUT2D eigenvalue weighted by atomic mass is 35.5. The Balaban J connectivity index is 1.99. The number of rotatable bonds is 2. The number of hydrogen-bond acceptors (Lipinski definition) is 2. The van der Waals surface area contributed by atoms with Crippen molar-refractivity contribution in [1.82, 2.24) is 15.0 Å². The summed E-state index contributed by atoms with van der Waals surface area (Å²) in [6, 6.07) is 7.48. The largest absolute Gasteiger partial charge is 0.342 e. The Morgan fingerprint density at radius 3 is 2.78 bits per heavy atom. The first kappa shape index (κ1) is 11.5. The number of nitrogens with zero attached hydrogens (tertiary/aromatic N) is 2.